The van der Waals surface area contributed by atoms with E-state index in [1.165, 1.54) is 4.57 Å². The average molecular weight is 725 g/mol. The predicted octanol–water partition coefficient (Wildman–Crippen LogP) is 4.48. The first kappa shape index (κ1) is 40.1. The fourth-order valence-corrected chi connectivity index (χ4v) is 6.16. The third-order valence-electron chi connectivity index (χ3n) is 8.98. The number of hydrogen-bond acceptors (Lipinski definition) is 9. The van der Waals surface area contributed by atoms with Gasteiger partial charge >= 0.3 is 23.9 Å². The second-order valence-corrected chi connectivity index (χ2v) is 16.1. The first-order valence-electron chi connectivity index (χ1n) is 18.0. The fraction of sp³-hybridized carbons (Fsp3) is 0.622. The summed E-state index contributed by atoms with van der Waals surface area (Å²) in [5.41, 5.74) is -1.21. The average Bonchev–Trinajstić information content (AvgIpc) is 3.05. The Balaban J connectivity index is 1.22. The molecule has 52 heavy (non-hydrogen) atoms. The van der Waals surface area contributed by atoms with Crippen molar-refractivity contribution in [3.8, 4) is 5.69 Å². The van der Waals surface area contributed by atoms with E-state index >= 15 is 0 Å². The number of nitrogens with one attached hydrogen (secondary N) is 3. The summed E-state index contributed by atoms with van der Waals surface area (Å²) in [4.78, 5) is 72.7. The third-order valence-corrected chi connectivity index (χ3v) is 8.98. The first-order chi connectivity index (χ1) is 24.2. The van der Waals surface area contributed by atoms with Crippen LogP contribution >= 0.6 is 0 Å². The highest BCUT2D eigenvalue weighted by Gasteiger charge is 2.37. The Morgan fingerprint density at radius 1 is 0.827 bits per heavy atom. The highest BCUT2D eigenvalue weighted by molar-refractivity contribution is 5.90. The molecule has 15 nitrogen and oxygen atoms in total. The molecule has 2 heterocycles. The largest absolute Gasteiger partial charge is 0.444 e. The molecule has 1 saturated carbocycles. The van der Waals surface area contributed by atoms with Crippen molar-refractivity contribution in [1.29, 1.82) is 0 Å². The van der Waals surface area contributed by atoms with Gasteiger partial charge in [-0.25, -0.2) is 19.2 Å². The lowest BCUT2D eigenvalue weighted by Gasteiger charge is -2.38. The summed E-state index contributed by atoms with van der Waals surface area (Å²) >= 11 is 0. The molecule has 286 valence electrons. The number of urea groups is 1. The molecular formula is C37H56N8O7. The van der Waals surface area contributed by atoms with Crippen molar-refractivity contribution in [2.45, 2.75) is 116 Å². The van der Waals surface area contributed by atoms with E-state index in [-0.39, 0.29) is 50.0 Å². The molecular weight excluding hydrogens is 668 g/mol. The number of benzene rings is 1. The number of rotatable bonds is 8. The fourth-order valence-electron chi connectivity index (χ4n) is 6.16. The zero-order valence-electron chi connectivity index (χ0n) is 32.1. The van der Waals surface area contributed by atoms with E-state index in [9.17, 15) is 24.0 Å². The Hall–Kier alpha value is -4.66. The van der Waals surface area contributed by atoms with Crippen molar-refractivity contribution >= 4 is 29.9 Å². The molecule has 15 heteroatoms. The molecule has 3 N–H and O–H groups in total. The summed E-state index contributed by atoms with van der Waals surface area (Å²) in [6, 6.07) is 9.30. The van der Waals surface area contributed by atoms with Crippen molar-refractivity contribution in [1.82, 2.24) is 34.9 Å². The Kier molecular flexibility index (Phi) is 12.6. The molecule has 2 aromatic rings. The number of alkyl carbamates (subject to hydrolysis) is 1. The van der Waals surface area contributed by atoms with Crippen LogP contribution in [0.25, 0.3) is 5.69 Å². The number of aromatic nitrogens is 2. The van der Waals surface area contributed by atoms with Gasteiger partial charge in [0.05, 0.1) is 5.69 Å². The number of anilines is 1. The van der Waals surface area contributed by atoms with E-state index in [4.69, 9.17) is 9.47 Å². The maximum Gasteiger partial charge on any atom is 0.410 e. The Morgan fingerprint density at radius 3 is 1.96 bits per heavy atom. The van der Waals surface area contributed by atoms with Gasteiger partial charge in [0.25, 0.3) is 0 Å². The highest BCUT2D eigenvalue weighted by atomic mass is 16.6. The minimum Gasteiger partial charge on any atom is -0.444 e. The number of carbonyl (C=O) groups is 4. The minimum atomic E-state index is -1.19. The van der Waals surface area contributed by atoms with Crippen LogP contribution in [0.1, 0.15) is 86.6 Å². The Bertz CT molecular complexity index is 1630. The van der Waals surface area contributed by atoms with E-state index in [0.29, 0.717) is 18.3 Å². The minimum absolute atomic E-state index is 0.125. The lowest BCUT2D eigenvalue weighted by molar-refractivity contribution is -0.138. The summed E-state index contributed by atoms with van der Waals surface area (Å²) in [5.74, 6) is -0.155. The lowest BCUT2D eigenvalue weighted by atomic mass is 9.90. The number of amides is 5. The van der Waals surface area contributed by atoms with Crippen LogP contribution in [0.4, 0.5) is 20.2 Å². The van der Waals surface area contributed by atoms with Crippen LogP contribution in [0, 0.1) is 0 Å². The topological polar surface area (TPSA) is 167 Å². The second kappa shape index (κ2) is 16.3. The molecule has 1 aromatic heterocycles. The molecule has 0 spiro atoms. The lowest BCUT2D eigenvalue weighted by Crippen LogP contribution is -2.60. The summed E-state index contributed by atoms with van der Waals surface area (Å²) < 4.78 is 12.2. The van der Waals surface area contributed by atoms with Gasteiger partial charge in [-0.05, 0) is 105 Å². The van der Waals surface area contributed by atoms with Gasteiger partial charge in [0.15, 0.2) is 0 Å². The van der Waals surface area contributed by atoms with Gasteiger partial charge in [-0.1, -0.05) is 12.1 Å². The second-order valence-electron chi connectivity index (χ2n) is 16.1. The van der Waals surface area contributed by atoms with Gasteiger partial charge in [0, 0.05) is 58.1 Å². The van der Waals surface area contributed by atoms with Crippen molar-refractivity contribution in [2.75, 3.05) is 38.5 Å². The molecule has 0 unspecified atom stereocenters. The van der Waals surface area contributed by atoms with Gasteiger partial charge in [-0.15, -0.1) is 0 Å². The summed E-state index contributed by atoms with van der Waals surface area (Å²) in [6.45, 7) is 15.9. The third kappa shape index (κ3) is 11.4. The van der Waals surface area contributed by atoms with Crippen LogP contribution in [0.5, 0.6) is 0 Å². The van der Waals surface area contributed by atoms with Crippen molar-refractivity contribution in [2.24, 2.45) is 0 Å². The number of ether oxygens (including phenoxy) is 2. The van der Waals surface area contributed by atoms with Gasteiger partial charge in [-0.2, -0.15) is 4.98 Å². The van der Waals surface area contributed by atoms with Gasteiger partial charge in [-0.3, -0.25) is 14.7 Å². The monoisotopic (exact) mass is 724 g/mol. The molecule has 1 saturated heterocycles. The van der Waals surface area contributed by atoms with E-state index in [1.807, 2.05) is 52.1 Å². The van der Waals surface area contributed by atoms with Crippen LogP contribution in [0.3, 0.4) is 0 Å². The SMILES string of the molecule is CN(C(=O)OC(C)(C)C)[C@H]1CC[C@H](NCc2ccc(-n3ccc(NC(=O)N4CCN(C(=O)C(C)(C)NC(=O)OC(C)(C)C)CC4)nc3=O)cc2)CC1. The Morgan fingerprint density at radius 2 is 1.40 bits per heavy atom. The molecule has 0 bridgehead atoms. The smallest absolute Gasteiger partial charge is 0.410 e. The summed E-state index contributed by atoms with van der Waals surface area (Å²) in [6.07, 6.45) is 4.35. The maximum atomic E-state index is 13.1. The normalized spacial score (nSPS) is 18.3. The molecule has 0 radical (unpaired) electrons. The van der Waals surface area contributed by atoms with Crippen molar-refractivity contribution < 1.29 is 28.7 Å². The molecule has 2 aliphatic rings. The number of piperazine rings is 1. The highest BCUT2D eigenvalue weighted by Crippen LogP contribution is 2.24. The zero-order chi connectivity index (χ0) is 38.4. The molecule has 1 aliphatic carbocycles. The molecule has 2 fully saturated rings. The van der Waals surface area contributed by atoms with Crippen molar-refractivity contribution in [3.05, 3.63) is 52.6 Å². The number of hydrogen-bond donors (Lipinski definition) is 3. The van der Waals surface area contributed by atoms with E-state index in [2.05, 4.69) is 20.9 Å². The Labute approximate surface area is 306 Å². The standard InChI is InChI=1S/C37H56N8O7/c1-35(2,3)51-33(49)41-37(7,8)30(46)43-20-22-44(23-21-43)31(47)39-29-18-19-45(32(48)40-29)28-14-10-25(11-15-28)24-38-26-12-16-27(17-13-26)42(9)34(50)52-36(4,5)6/h10-11,14-15,18-19,26-27,38H,12-13,16-17,20-24H2,1-9H3,(H,41,49)(H,39,40,47,48)/t26-,27-. The molecule has 5 amide bonds. The van der Waals surface area contributed by atoms with E-state index < -0.39 is 34.6 Å². The molecule has 0 atom stereocenters. The van der Waals surface area contributed by atoms with Crippen LogP contribution in [0.2, 0.25) is 0 Å². The molecule has 4 rings (SSSR count). The predicted molar refractivity (Wildman–Crippen MR) is 197 cm³/mol. The van der Waals surface area contributed by atoms with Crippen LogP contribution in [-0.4, -0.2) is 110 Å². The van der Waals surface area contributed by atoms with Gasteiger partial charge in [0.1, 0.15) is 22.6 Å². The quantitative estimate of drug-likeness (QED) is 0.356. The number of carbonyl (C=O) groups excluding carboxylic acids is 4. The number of nitrogens with zero attached hydrogens (tertiary/aromatic N) is 5. The molecule has 1 aromatic carbocycles. The van der Waals surface area contributed by atoms with E-state index in [0.717, 1.165) is 31.2 Å². The first-order valence-corrected chi connectivity index (χ1v) is 18.0. The van der Waals surface area contributed by atoms with Crippen molar-refractivity contribution in [3.63, 3.8) is 0 Å². The van der Waals surface area contributed by atoms with Crippen LogP contribution in [-0.2, 0) is 20.8 Å². The van der Waals surface area contributed by atoms with Gasteiger partial charge in [0.2, 0.25) is 5.91 Å². The van der Waals surface area contributed by atoms with E-state index in [1.54, 1.807) is 61.6 Å². The molecule has 1 aliphatic heterocycles. The summed E-state index contributed by atoms with van der Waals surface area (Å²) in [7, 11) is 1.81. The maximum absolute atomic E-state index is 13.1. The summed E-state index contributed by atoms with van der Waals surface area (Å²) in [5, 5.41) is 8.93. The van der Waals surface area contributed by atoms with Gasteiger partial charge < -0.3 is 34.8 Å². The zero-order valence-corrected chi connectivity index (χ0v) is 32.1. The van der Waals surface area contributed by atoms with Crippen LogP contribution < -0.4 is 21.6 Å². The van der Waals surface area contributed by atoms with Crippen LogP contribution in [0.15, 0.2) is 41.3 Å².